The van der Waals surface area contributed by atoms with E-state index in [1.807, 2.05) is 37.3 Å². The Morgan fingerprint density at radius 2 is 1.93 bits per heavy atom. The zero-order valence-corrected chi connectivity index (χ0v) is 27.8. The van der Waals surface area contributed by atoms with Gasteiger partial charge in [0.1, 0.15) is 11.8 Å². The number of rotatable bonds is 13. The lowest BCUT2D eigenvalue weighted by Gasteiger charge is -2.55. The number of nitrogens with one attached hydrogen (secondary N) is 2. The molecule has 2 aliphatic carbocycles. The van der Waals surface area contributed by atoms with Gasteiger partial charge < -0.3 is 21.5 Å². The number of piperidine rings is 1. The van der Waals surface area contributed by atoms with Crippen LogP contribution in [0.2, 0.25) is 0 Å². The fourth-order valence-electron chi connectivity index (χ4n) is 7.99. The first-order valence-electron chi connectivity index (χ1n) is 17.0. The molecule has 0 spiro atoms. The molecule has 1 aliphatic heterocycles. The van der Waals surface area contributed by atoms with E-state index >= 15 is 0 Å². The summed E-state index contributed by atoms with van der Waals surface area (Å²) in [5.41, 5.74) is 8.83. The first-order valence-corrected chi connectivity index (χ1v) is 17.0. The van der Waals surface area contributed by atoms with Crippen molar-refractivity contribution in [3.63, 3.8) is 0 Å². The van der Waals surface area contributed by atoms with Gasteiger partial charge in [-0.1, -0.05) is 71.0 Å². The van der Waals surface area contributed by atoms with E-state index < -0.39 is 11.5 Å². The molecule has 2 aromatic carbocycles. The highest BCUT2D eigenvalue weighted by molar-refractivity contribution is 5.95. The second kappa shape index (κ2) is 13.5. The van der Waals surface area contributed by atoms with Gasteiger partial charge in [0.25, 0.3) is 0 Å². The zero-order chi connectivity index (χ0) is 32.4. The summed E-state index contributed by atoms with van der Waals surface area (Å²) in [4.78, 5) is 34.6. The van der Waals surface area contributed by atoms with E-state index in [4.69, 9.17) is 5.73 Å². The molecule has 2 amide bonds. The zero-order valence-electron chi connectivity index (χ0n) is 27.8. The van der Waals surface area contributed by atoms with Gasteiger partial charge >= 0.3 is 0 Å². The summed E-state index contributed by atoms with van der Waals surface area (Å²) in [5.74, 6) is 1.64. The van der Waals surface area contributed by atoms with Crippen molar-refractivity contribution in [1.82, 2.24) is 15.5 Å². The summed E-state index contributed by atoms with van der Waals surface area (Å²) in [5, 5.41) is 16.5. The van der Waals surface area contributed by atoms with Crippen LogP contribution in [0.1, 0.15) is 83.4 Å². The van der Waals surface area contributed by atoms with E-state index in [0.29, 0.717) is 49.5 Å². The van der Waals surface area contributed by atoms with Crippen LogP contribution in [0.5, 0.6) is 5.75 Å². The van der Waals surface area contributed by atoms with Gasteiger partial charge in [0.05, 0.1) is 11.3 Å². The van der Waals surface area contributed by atoms with Crippen LogP contribution >= 0.6 is 0 Å². The number of amidine groups is 1. The Hall–Kier alpha value is -3.39. The highest BCUT2D eigenvalue weighted by Gasteiger charge is 2.62. The summed E-state index contributed by atoms with van der Waals surface area (Å²) in [6, 6.07) is 15.8. The van der Waals surface area contributed by atoms with Gasteiger partial charge in [0.2, 0.25) is 11.8 Å². The lowest BCUT2D eigenvalue weighted by atomic mass is 9.59. The van der Waals surface area contributed by atoms with E-state index in [0.717, 1.165) is 44.3 Å². The number of phenols is 1. The largest absolute Gasteiger partial charge is 0.508 e. The first kappa shape index (κ1) is 33.0. The lowest BCUT2D eigenvalue weighted by Crippen LogP contribution is -2.58. The second-order valence-electron chi connectivity index (χ2n) is 14.3. The fraction of sp³-hybridized carbons (Fsp3) is 0.595. The van der Waals surface area contributed by atoms with Gasteiger partial charge in [0.15, 0.2) is 0 Å². The Labute approximate surface area is 269 Å². The van der Waals surface area contributed by atoms with Crippen LogP contribution in [-0.4, -0.2) is 65.9 Å². The Morgan fingerprint density at radius 3 is 2.64 bits per heavy atom. The number of benzene rings is 2. The number of aliphatic imine (C=N–C) groups is 1. The quantitative estimate of drug-likeness (QED) is 0.148. The molecule has 8 heteroatoms. The third-order valence-electron chi connectivity index (χ3n) is 11.0. The summed E-state index contributed by atoms with van der Waals surface area (Å²) in [6.45, 7) is 13.7. The van der Waals surface area contributed by atoms with Crippen LogP contribution in [0, 0.1) is 17.8 Å². The number of nitrogens with two attached hydrogens (primary N) is 1. The number of amides is 2. The molecule has 2 aromatic rings. The Morgan fingerprint density at radius 1 is 1.18 bits per heavy atom. The normalized spacial score (nSPS) is 28.3. The number of aromatic hydroxyl groups is 1. The minimum atomic E-state index is -0.647. The molecule has 3 aliphatic rings. The van der Waals surface area contributed by atoms with Crippen molar-refractivity contribution in [2.45, 2.75) is 96.1 Å². The summed E-state index contributed by atoms with van der Waals surface area (Å²) in [7, 11) is 0. The number of carbonyl (C=O) groups excluding carboxylic acids is 2. The number of likely N-dealkylation sites (tertiary alicyclic amines) is 1. The average Bonchev–Trinajstić information content (AvgIpc) is 3.75. The molecule has 6 atom stereocenters. The smallest absolute Gasteiger partial charge is 0.242 e. The number of hydrogen-bond acceptors (Lipinski definition) is 5. The van der Waals surface area contributed by atoms with E-state index in [9.17, 15) is 14.7 Å². The van der Waals surface area contributed by atoms with Crippen molar-refractivity contribution in [3.8, 4) is 5.75 Å². The predicted octanol–water partition coefficient (Wildman–Crippen LogP) is 4.68. The van der Waals surface area contributed by atoms with Crippen molar-refractivity contribution in [2.75, 3.05) is 26.2 Å². The van der Waals surface area contributed by atoms with Gasteiger partial charge in [0, 0.05) is 32.1 Å². The third kappa shape index (κ3) is 6.76. The van der Waals surface area contributed by atoms with E-state index in [1.54, 1.807) is 0 Å². The summed E-state index contributed by atoms with van der Waals surface area (Å²) in [6.07, 6.45) is 4.74. The minimum absolute atomic E-state index is 0.0251. The average molecular weight is 616 g/mol. The van der Waals surface area contributed by atoms with Crippen LogP contribution in [0.4, 0.5) is 0 Å². The highest BCUT2D eigenvalue weighted by Crippen LogP contribution is 2.57. The summed E-state index contributed by atoms with van der Waals surface area (Å²) < 4.78 is 0. The van der Waals surface area contributed by atoms with Crippen LogP contribution in [0.3, 0.4) is 0 Å². The van der Waals surface area contributed by atoms with Crippen molar-refractivity contribution >= 4 is 17.6 Å². The standard InChI is InChI=1S/C37H53N5O3/c1-6-33(38)39-16-10-17-40-34(44)31(19-24(2)3)41-35(45)37(27-11-8-7-9-12-27)22-28(37)23-42-18-15-36(5)25(4)32(42)20-26-13-14-29(43)21-30(26)36/h7-9,11-14,21,24-25,28,31-32,43H,6,10,15-20,22-23H2,1-5H3,(H2,38,39)(H,40,44)(H,41,45)/t25?,28?,31?,32?,36-,37+/m1/s1. The molecule has 1 saturated heterocycles. The van der Waals surface area contributed by atoms with Crippen molar-refractivity contribution < 1.29 is 14.7 Å². The van der Waals surface area contributed by atoms with E-state index in [2.05, 4.69) is 66.4 Å². The molecule has 5 N–H and O–H groups in total. The Kier molecular flexibility index (Phi) is 9.92. The van der Waals surface area contributed by atoms with E-state index in [1.165, 1.54) is 11.1 Å². The molecule has 2 fully saturated rings. The Balaban J connectivity index is 1.30. The van der Waals surface area contributed by atoms with Crippen LogP contribution in [0.15, 0.2) is 53.5 Å². The molecular weight excluding hydrogens is 562 g/mol. The molecule has 2 bridgehead atoms. The number of phenolic OH excluding ortho intramolecular Hbond substituents is 1. The maximum atomic E-state index is 14.3. The lowest BCUT2D eigenvalue weighted by molar-refractivity contribution is -0.131. The number of fused-ring (bicyclic) bond motifs is 4. The molecule has 244 valence electrons. The number of nitrogens with zero attached hydrogens (tertiary/aromatic N) is 2. The molecule has 0 aromatic heterocycles. The van der Waals surface area contributed by atoms with Crippen molar-refractivity contribution in [2.24, 2.45) is 28.5 Å². The van der Waals surface area contributed by atoms with Crippen LogP contribution < -0.4 is 16.4 Å². The monoisotopic (exact) mass is 615 g/mol. The van der Waals surface area contributed by atoms with Gasteiger partial charge in [-0.2, -0.15) is 0 Å². The molecule has 1 saturated carbocycles. The molecule has 4 unspecified atom stereocenters. The van der Waals surface area contributed by atoms with Crippen molar-refractivity contribution in [1.29, 1.82) is 0 Å². The van der Waals surface area contributed by atoms with Crippen LogP contribution in [-0.2, 0) is 26.8 Å². The topological polar surface area (TPSA) is 120 Å². The fourth-order valence-corrected chi connectivity index (χ4v) is 7.99. The first-order chi connectivity index (χ1) is 21.5. The minimum Gasteiger partial charge on any atom is -0.508 e. The third-order valence-corrected chi connectivity index (χ3v) is 11.0. The highest BCUT2D eigenvalue weighted by atomic mass is 16.3. The van der Waals surface area contributed by atoms with Gasteiger partial charge in [-0.25, -0.2) is 0 Å². The molecule has 8 nitrogen and oxygen atoms in total. The van der Waals surface area contributed by atoms with Crippen molar-refractivity contribution in [3.05, 3.63) is 65.2 Å². The van der Waals surface area contributed by atoms with Gasteiger partial charge in [-0.15, -0.1) is 0 Å². The molecule has 1 heterocycles. The maximum Gasteiger partial charge on any atom is 0.242 e. The predicted molar refractivity (Wildman–Crippen MR) is 180 cm³/mol. The molecular formula is C37H53N5O3. The maximum absolute atomic E-state index is 14.3. The second-order valence-corrected chi connectivity index (χ2v) is 14.3. The van der Waals surface area contributed by atoms with E-state index in [-0.39, 0.29) is 29.1 Å². The Bertz CT molecular complexity index is 1390. The SMILES string of the molecule is CCC(N)=NCCCNC(=O)C(CC(C)C)NC(=O)[C@]1(c2ccccc2)CC1CN1CC[C@@]2(C)c3cc(O)ccc3CC1C2C. The summed E-state index contributed by atoms with van der Waals surface area (Å²) >= 11 is 0. The molecule has 5 rings (SSSR count). The molecule has 0 radical (unpaired) electrons. The van der Waals surface area contributed by atoms with Crippen LogP contribution in [0.25, 0.3) is 0 Å². The van der Waals surface area contributed by atoms with Gasteiger partial charge in [-0.05, 0) is 90.6 Å². The molecule has 45 heavy (non-hydrogen) atoms. The van der Waals surface area contributed by atoms with Gasteiger partial charge in [-0.3, -0.25) is 19.5 Å². The number of carbonyl (C=O) groups is 2. The number of hydrogen-bond donors (Lipinski definition) is 4.